The monoisotopic (exact) mass is 268 g/mol. The third-order valence-electron chi connectivity index (χ3n) is 2.48. The molecule has 0 radical (unpaired) electrons. The number of hydrogen-bond donors (Lipinski definition) is 1. The maximum Gasteiger partial charge on any atom is 0.346 e. The van der Waals surface area contributed by atoms with Crippen LogP contribution in [0.15, 0.2) is 22.7 Å². The van der Waals surface area contributed by atoms with Crippen LogP contribution in [0.25, 0.3) is 0 Å². The summed E-state index contributed by atoms with van der Waals surface area (Å²) in [7, 11) is 0. The molecule has 0 unspecified atom stereocenters. The van der Waals surface area contributed by atoms with Crippen LogP contribution in [-0.4, -0.2) is 11.1 Å². The third-order valence-corrected chi connectivity index (χ3v) is 2.48. The fourth-order valence-electron chi connectivity index (χ4n) is 1.51. The lowest BCUT2D eigenvalue weighted by atomic mass is 10.2. The fraction of sp³-hybridized carbons (Fsp3) is 0.167. The Labute approximate surface area is 106 Å². The number of carbonyl (C=O) groups excluding carboxylic acids is 1. The molecule has 0 saturated heterocycles. The first-order valence-electron chi connectivity index (χ1n) is 5.32. The summed E-state index contributed by atoms with van der Waals surface area (Å²) in [5, 5.41) is 3.49. The topological polar surface area (TPSA) is 78.4 Å². The van der Waals surface area contributed by atoms with E-state index in [1.54, 1.807) is 0 Å². The van der Waals surface area contributed by atoms with Gasteiger partial charge in [-0.1, -0.05) is 17.3 Å². The Morgan fingerprint density at radius 2 is 2.21 bits per heavy atom. The second-order valence-electron chi connectivity index (χ2n) is 3.80. The number of nitrogen functional groups attached to an aromatic ring is 1. The highest BCUT2D eigenvalue weighted by Crippen LogP contribution is 2.18. The van der Waals surface area contributed by atoms with E-state index in [4.69, 9.17) is 10.5 Å². The Kier molecular flexibility index (Phi) is 3.46. The predicted octanol–water partition coefficient (Wildman–Crippen LogP) is 2.20. The molecule has 0 aliphatic carbocycles. The molecular formula is C12H10F2N2O3. The largest absolute Gasteiger partial charge is 0.457 e. The van der Waals surface area contributed by atoms with Gasteiger partial charge < -0.3 is 15.0 Å². The molecule has 0 aliphatic rings. The van der Waals surface area contributed by atoms with E-state index in [1.807, 2.05) is 0 Å². The van der Waals surface area contributed by atoms with E-state index in [2.05, 4.69) is 9.68 Å². The van der Waals surface area contributed by atoms with Gasteiger partial charge in [0.1, 0.15) is 12.2 Å². The number of benzene rings is 1. The summed E-state index contributed by atoms with van der Waals surface area (Å²) < 4.78 is 35.7. The van der Waals surface area contributed by atoms with Gasteiger partial charge in [-0.3, -0.25) is 0 Å². The van der Waals surface area contributed by atoms with Gasteiger partial charge in [0, 0.05) is 5.56 Å². The Morgan fingerprint density at radius 3 is 2.84 bits per heavy atom. The highest BCUT2D eigenvalue weighted by Gasteiger charge is 2.20. The number of aromatic nitrogens is 1. The van der Waals surface area contributed by atoms with Crippen LogP contribution in [0.1, 0.15) is 21.6 Å². The van der Waals surface area contributed by atoms with Gasteiger partial charge in [0.2, 0.25) is 5.88 Å². The van der Waals surface area contributed by atoms with Crippen molar-refractivity contribution in [2.45, 2.75) is 13.5 Å². The normalized spacial score (nSPS) is 10.5. The van der Waals surface area contributed by atoms with Crippen molar-refractivity contribution in [1.29, 1.82) is 0 Å². The number of aryl methyl sites for hydroxylation is 1. The Hall–Kier alpha value is -2.44. The van der Waals surface area contributed by atoms with Crippen LogP contribution in [0.4, 0.5) is 14.7 Å². The molecule has 0 atom stereocenters. The average molecular weight is 268 g/mol. The van der Waals surface area contributed by atoms with Gasteiger partial charge in [-0.05, 0) is 13.0 Å². The van der Waals surface area contributed by atoms with Gasteiger partial charge in [-0.15, -0.1) is 0 Å². The summed E-state index contributed by atoms with van der Waals surface area (Å²) >= 11 is 0. The van der Waals surface area contributed by atoms with Crippen molar-refractivity contribution in [3.63, 3.8) is 0 Å². The molecule has 100 valence electrons. The first kappa shape index (κ1) is 13.0. The third kappa shape index (κ3) is 2.54. The molecule has 0 bridgehead atoms. The molecule has 0 spiro atoms. The predicted molar refractivity (Wildman–Crippen MR) is 61.1 cm³/mol. The quantitative estimate of drug-likeness (QED) is 0.863. The van der Waals surface area contributed by atoms with Gasteiger partial charge in [0.15, 0.2) is 11.6 Å². The molecule has 0 aliphatic heterocycles. The van der Waals surface area contributed by atoms with E-state index in [0.717, 1.165) is 6.07 Å². The summed E-state index contributed by atoms with van der Waals surface area (Å²) in [5.74, 6) is -3.04. The molecule has 1 heterocycles. The van der Waals surface area contributed by atoms with Crippen LogP contribution in [-0.2, 0) is 11.3 Å². The minimum absolute atomic E-state index is 0.0168. The molecule has 7 heteroatoms. The van der Waals surface area contributed by atoms with Gasteiger partial charge >= 0.3 is 5.97 Å². The van der Waals surface area contributed by atoms with Crippen molar-refractivity contribution in [2.24, 2.45) is 0 Å². The molecule has 19 heavy (non-hydrogen) atoms. The fourth-order valence-corrected chi connectivity index (χ4v) is 1.51. The molecule has 1 aromatic heterocycles. The van der Waals surface area contributed by atoms with E-state index >= 15 is 0 Å². The lowest BCUT2D eigenvalue weighted by Gasteiger charge is -2.05. The second kappa shape index (κ2) is 5.05. The molecular weight excluding hydrogens is 258 g/mol. The second-order valence-corrected chi connectivity index (χ2v) is 3.80. The van der Waals surface area contributed by atoms with Crippen LogP contribution >= 0.6 is 0 Å². The van der Waals surface area contributed by atoms with Crippen molar-refractivity contribution in [3.05, 3.63) is 46.7 Å². The summed E-state index contributed by atoms with van der Waals surface area (Å²) in [4.78, 5) is 11.7. The van der Waals surface area contributed by atoms with E-state index in [0.29, 0.717) is 0 Å². The van der Waals surface area contributed by atoms with Gasteiger partial charge in [-0.25, -0.2) is 13.6 Å². The number of carbonyl (C=O) groups is 1. The van der Waals surface area contributed by atoms with Gasteiger partial charge in [0.25, 0.3) is 0 Å². The highest BCUT2D eigenvalue weighted by atomic mass is 19.2. The average Bonchev–Trinajstić information content (AvgIpc) is 2.71. The zero-order valence-corrected chi connectivity index (χ0v) is 9.94. The molecule has 2 N–H and O–H groups in total. The maximum atomic E-state index is 13.3. The Morgan fingerprint density at radius 1 is 1.47 bits per heavy atom. The van der Waals surface area contributed by atoms with Crippen molar-refractivity contribution in [3.8, 4) is 0 Å². The summed E-state index contributed by atoms with van der Waals surface area (Å²) in [5.41, 5.74) is 5.58. The molecule has 1 aromatic carbocycles. The lowest BCUT2D eigenvalue weighted by Crippen LogP contribution is -2.09. The Balaban J connectivity index is 2.11. The highest BCUT2D eigenvalue weighted by molar-refractivity contribution is 5.94. The molecule has 0 fully saturated rings. The van der Waals surface area contributed by atoms with E-state index in [1.165, 1.54) is 19.1 Å². The van der Waals surface area contributed by atoms with E-state index in [9.17, 15) is 13.6 Å². The van der Waals surface area contributed by atoms with E-state index < -0.39 is 24.2 Å². The van der Waals surface area contributed by atoms with Crippen LogP contribution in [0, 0.1) is 18.6 Å². The van der Waals surface area contributed by atoms with Gasteiger partial charge in [-0.2, -0.15) is 0 Å². The van der Waals surface area contributed by atoms with Gasteiger partial charge in [0.05, 0.1) is 5.69 Å². The first-order valence-corrected chi connectivity index (χ1v) is 5.32. The Bertz CT molecular complexity index is 606. The standard InChI is InChI=1S/C12H10F2N2O3/c1-6-9(11(15)19-16-6)12(17)18-5-7-3-2-4-8(13)10(7)14/h2-4H,5,15H2,1H3. The maximum absolute atomic E-state index is 13.3. The molecule has 0 saturated carbocycles. The zero-order valence-electron chi connectivity index (χ0n) is 9.94. The van der Waals surface area contributed by atoms with Crippen LogP contribution in [0.3, 0.4) is 0 Å². The number of nitrogens with two attached hydrogens (primary N) is 1. The van der Waals surface area contributed by atoms with E-state index in [-0.39, 0.29) is 22.7 Å². The first-order chi connectivity index (χ1) is 9.00. The zero-order chi connectivity index (χ0) is 14.0. The number of rotatable bonds is 3. The minimum atomic E-state index is -1.05. The van der Waals surface area contributed by atoms with Crippen molar-refractivity contribution < 1.29 is 22.8 Å². The smallest absolute Gasteiger partial charge is 0.346 e. The lowest BCUT2D eigenvalue weighted by molar-refractivity contribution is 0.0468. The number of halogens is 2. The SMILES string of the molecule is Cc1noc(N)c1C(=O)OCc1cccc(F)c1F. The minimum Gasteiger partial charge on any atom is -0.457 e. The summed E-state index contributed by atoms with van der Waals surface area (Å²) in [6.07, 6.45) is 0. The number of ether oxygens (including phenoxy) is 1. The number of anilines is 1. The van der Waals surface area contributed by atoms with Crippen LogP contribution in [0.5, 0.6) is 0 Å². The molecule has 2 aromatic rings. The van der Waals surface area contributed by atoms with Crippen LogP contribution in [0.2, 0.25) is 0 Å². The number of nitrogens with zero attached hydrogens (tertiary/aromatic N) is 1. The van der Waals surface area contributed by atoms with Crippen molar-refractivity contribution >= 4 is 11.9 Å². The molecule has 0 amide bonds. The molecule has 2 rings (SSSR count). The van der Waals surface area contributed by atoms with Crippen LogP contribution < -0.4 is 5.73 Å². The summed E-state index contributed by atoms with van der Waals surface area (Å²) in [6.45, 7) is 1.10. The number of esters is 1. The van der Waals surface area contributed by atoms with Crippen molar-refractivity contribution in [2.75, 3.05) is 5.73 Å². The summed E-state index contributed by atoms with van der Waals surface area (Å²) in [6, 6.07) is 3.61. The van der Waals surface area contributed by atoms with Crippen molar-refractivity contribution in [1.82, 2.24) is 5.16 Å². The molecule has 5 nitrogen and oxygen atoms in total. The number of hydrogen-bond acceptors (Lipinski definition) is 5.